The van der Waals surface area contributed by atoms with Gasteiger partial charge in [0.2, 0.25) is 0 Å². The Hall–Kier alpha value is -2.28. The van der Waals surface area contributed by atoms with Gasteiger partial charge in [-0.15, -0.1) is 24.8 Å². The summed E-state index contributed by atoms with van der Waals surface area (Å²) in [4.78, 5) is 11.8. The number of hydrogen-bond donors (Lipinski definition) is 3. The number of aliphatic hydroxyl groups is 1. The molecule has 5 nitrogen and oxygen atoms in total. The fraction of sp³-hybridized carbons (Fsp3) is 0.208. The van der Waals surface area contributed by atoms with Crippen molar-refractivity contribution in [3.05, 3.63) is 88.9 Å². The fourth-order valence-corrected chi connectivity index (χ4v) is 3.32. The molecule has 3 rings (SSSR count). The van der Waals surface area contributed by atoms with E-state index >= 15 is 0 Å². The maximum Gasteiger partial charge on any atom is 0.337 e. The van der Waals surface area contributed by atoms with Crippen molar-refractivity contribution in [3.63, 3.8) is 0 Å². The molecule has 0 bridgehead atoms. The summed E-state index contributed by atoms with van der Waals surface area (Å²) in [6.07, 6.45) is -0.603. The zero-order chi connectivity index (χ0) is 21.3. The molecule has 172 valence electrons. The Morgan fingerprint density at radius 3 is 2.38 bits per heavy atom. The minimum absolute atomic E-state index is 0. The van der Waals surface area contributed by atoms with Crippen LogP contribution in [-0.2, 0) is 4.74 Å². The zero-order valence-corrected chi connectivity index (χ0v) is 20.0. The number of nitrogens with one attached hydrogen (secondary N) is 2. The van der Waals surface area contributed by atoms with Crippen LogP contribution >= 0.6 is 36.4 Å². The Morgan fingerprint density at radius 1 is 0.969 bits per heavy atom. The Kier molecular flexibility index (Phi) is 12.1. The van der Waals surface area contributed by atoms with Crippen LogP contribution in [0.2, 0.25) is 5.02 Å². The number of ether oxygens (including phenoxy) is 1. The molecule has 0 fully saturated rings. The summed E-state index contributed by atoms with van der Waals surface area (Å²) in [5, 5.41) is 17.5. The van der Waals surface area contributed by atoms with E-state index in [1.54, 1.807) is 18.2 Å². The third kappa shape index (κ3) is 8.01. The van der Waals surface area contributed by atoms with Crippen LogP contribution in [0.3, 0.4) is 0 Å². The highest BCUT2D eigenvalue weighted by Gasteiger charge is 2.08. The van der Waals surface area contributed by atoms with Crippen molar-refractivity contribution in [3.8, 4) is 11.1 Å². The molecule has 0 aliphatic carbocycles. The van der Waals surface area contributed by atoms with Crippen LogP contribution in [0.15, 0.2) is 72.8 Å². The maximum absolute atomic E-state index is 11.8. The molecule has 8 heteroatoms. The predicted molar refractivity (Wildman–Crippen MR) is 135 cm³/mol. The second-order valence-corrected chi connectivity index (χ2v) is 7.29. The summed E-state index contributed by atoms with van der Waals surface area (Å²) in [7, 11) is 1.38. The van der Waals surface area contributed by atoms with Gasteiger partial charge in [-0.05, 0) is 53.1 Å². The lowest BCUT2D eigenvalue weighted by Gasteiger charge is -2.13. The van der Waals surface area contributed by atoms with Crippen molar-refractivity contribution in [2.75, 3.05) is 32.1 Å². The third-order valence-electron chi connectivity index (χ3n) is 4.68. The molecule has 3 N–H and O–H groups in total. The minimum atomic E-state index is -0.603. The SMILES string of the molecule is COC(=O)c1cccc(-c2cccc(NCCNC[C@H](O)c3cccc(Cl)c3)c2)c1.Cl.Cl. The molecular formula is C24H27Cl3N2O3. The molecule has 0 saturated heterocycles. The lowest BCUT2D eigenvalue weighted by molar-refractivity contribution is 0.0601. The number of rotatable bonds is 9. The summed E-state index contributed by atoms with van der Waals surface area (Å²) in [6, 6.07) is 22.6. The van der Waals surface area contributed by atoms with Crippen molar-refractivity contribution >= 4 is 48.1 Å². The van der Waals surface area contributed by atoms with E-state index in [4.69, 9.17) is 16.3 Å². The lowest BCUT2D eigenvalue weighted by Crippen LogP contribution is -2.26. The molecule has 0 saturated carbocycles. The molecule has 1 atom stereocenters. The summed E-state index contributed by atoms with van der Waals surface area (Å²) in [5.74, 6) is -0.350. The van der Waals surface area contributed by atoms with E-state index in [0.29, 0.717) is 30.2 Å². The van der Waals surface area contributed by atoms with Gasteiger partial charge in [-0.25, -0.2) is 4.79 Å². The molecule has 0 spiro atoms. The molecule has 32 heavy (non-hydrogen) atoms. The minimum Gasteiger partial charge on any atom is -0.465 e. The van der Waals surface area contributed by atoms with Gasteiger partial charge in [0.05, 0.1) is 18.8 Å². The van der Waals surface area contributed by atoms with Crippen LogP contribution in [0.5, 0.6) is 0 Å². The van der Waals surface area contributed by atoms with Crippen LogP contribution in [-0.4, -0.2) is 37.8 Å². The Balaban J connectivity index is 0.00000256. The van der Waals surface area contributed by atoms with Gasteiger partial charge in [0.1, 0.15) is 0 Å². The van der Waals surface area contributed by atoms with Crippen LogP contribution in [0.4, 0.5) is 5.69 Å². The first-order valence-corrected chi connectivity index (χ1v) is 10.1. The molecule has 0 unspecified atom stereocenters. The van der Waals surface area contributed by atoms with E-state index in [1.807, 2.05) is 54.6 Å². The molecule has 0 radical (unpaired) electrons. The zero-order valence-electron chi connectivity index (χ0n) is 17.6. The largest absolute Gasteiger partial charge is 0.465 e. The van der Waals surface area contributed by atoms with Crippen LogP contribution in [0.25, 0.3) is 11.1 Å². The van der Waals surface area contributed by atoms with Gasteiger partial charge in [0.25, 0.3) is 0 Å². The number of aliphatic hydroxyl groups excluding tert-OH is 1. The van der Waals surface area contributed by atoms with E-state index in [1.165, 1.54) is 7.11 Å². The standard InChI is InChI=1S/C24H25ClN2O3.2ClH/c1-30-24(29)20-8-2-5-17(13-20)18-6-4-10-22(15-18)27-12-11-26-16-23(28)19-7-3-9-21(25)14-19;;/h2-10,13-15,23,26-28H,11-12,16H2,1H3;2*1H/t23-;;/m0../s1. The highest BCUT2D eigenvalue weighted by molar-refractivity contribution is 6.30. The summed E-state index contributed by atoms with van der Waals surface area (Å²) < 4.78 is 4.80. The number of halogens is 3. The number of carbonyl (C=O) groups excluding carboxylic acids is 1. The van der Waals surface area contributed by atoms with Crippen molar-refractivity contribution in [1.29, 1.82) is 0 Å². The molecule has 3 aromatic rings. The molecular weight excluding hydrogens is 471 g/mol. The first kappa shape index (κ1) is 27.8. The summed E-state index contributed by atoms with van der Waals surface area (Å²) >= 11 is 5.96. The van der Waals surface area contributed by atoms with Crippen LogP contribution in [0, 0.1) is 0 Å². The highest BCUT2D eigenvalue weighted by atomic mass is 35.5. The van der Waals surface area contributed by atoms with Crippen molar-refractivity contribution < 1.29 is 14.6 Å². The molecule has 0 heterocycles. The van der Waals surface area contributed by atoms with Crippen LogP contribution in [0.1, 0.15) is 22.0 Å². The average molecular weight is 498 g/mol. The van der Waals surface area contributed by atoms with E-state index in [9.17, 15) is 9.90 Å². The van der Waals surface area contributed by atoms with Gasteiger partial charge >= 0.3 is 5.97 Å². The molecule has 0 aromatic heterocycles. The first-order valence-electron chi connectivity index (χ1n) is 9.74. The smallest absolute Gasteiger partial charge is 0.337 e. The normalized spacial score (nSPS) is 11.0. The van der Waals surface area contributed by atoms with Gasteiger partial charge in [0, 0.05) is 30.3 Å². The molecule has 0 aliphatic rings. The molecule has 3 aromatic carbocycles. The monoisotopic (exact) mass is 496 g/mol. The number of carbonyl (C=O) groups is 1. The second-order valence-electron chi connectivity index (χ2n) is 6.85. The van der Waals surface area contributed by atoms with Crippen molar-refractivity contribution in [1.82, 2.24) is 5.32 Å². The average Bonchev–Trinajstić information content (AvgIpc) is 2.78. The third-order valence-corrected chi connectivity index (χ3v) is 4.92. The van der Waals surface area contributed by atoms with Gasteiger partial charge in [-0.3, -0.25) is 0 Å². The topological polar surface area (TPSA) is 70.6 Å². The van der Waals surface area contributed by atoms with Crippen LogP contribution < -0.4 is 10.6 Å². The molecule has 0 amide bonds. The quantitative estimate of drug-likeness (QED) is 0.274. The van der Waals surface area contributed by atoms with Crippen molar-refractivity contribution in [2.45, 2.75) is 6.10 Å². The summed E-state index contributed by atoms with van der Waals surface area (Å²) in [6.45, 7) is 1.84. The second kappa shape index (κ2) is 14.0. The Morgan fingerprint density at radius 2 is 1.66 bits per heavy atom. The highest BCUT2D eigenvalue weighted by Crippen LogP contribution is 2.24. The number of anilines is 1. The van der Waals surface area contributed by atoms with E-state index in [2.05, 4.69) is 10.6 Å². The van der Waals surface area contributed by atoms with E-state index < -0.39 is 6.10 Å². The number of methoxy groups -OCH3 is 1. The van der Waals surface area contributed by atoms with E-state index in [-0.39, 0.29) is 30.8 Å². The van der Waals surface area contributed by atoms with Crippen molar-refractivity contribution in [2.24, 2.45) is 0 Å². The van der Waals surface area contributed by atoms with Gasteiger partial charge in [-0.2, -0.15) is 0 Å². The lowest BCUT2D eigenvalue weighted by atomic mass is 10.0. The summed E-state index contributed by atoms with van der Waals surface area (Å²) in [5.41, 5.74) is 4.26. The van der Waals surface area contributed by atoms with Gasteiger partial charge in [0.15, 0.2) is 0 Å². The Bertz CT molecular complexity index is 1000. The van der Waals surface area contributed by atoms with E-state index in [0.717, 1.165) is 22.4 Å². The number of benzene rings is 3. The number of esters is 1. The number of hydrogen-bond acceptors (Lipinski definition) is 5. The fourth-order valence-electron chi connectivity index (χ4n) is 3.12. The molecule has 0 aliphatic heterocycles. The van der Waals surface area contributed by atoms with Gasteiger partial charge < -0.3 is 20.5 Å². The maximum atomic E-state index is 11.8. The predicted octanol–water partition coefficient (Wildman–Crippen LogP) is 5.37. The Labute approximate surface area is 206 Å². The van der Waals surface area contributed by atoms with Gasteiger partial charge in [-0.1, -0.05) is 48.0 Å². The first-order chi connectivity index (χ1) is 14.6.